The number of nitrogens with two attached hydrogens (primary N) is 1. The van der Waals surface area contributed by atoms with Gasteiger partial charge in [-0.05, 0) is 74.5 Å². The number of hydrogen-bond acceptors (Lipinski definition) is 6. The Morgan fingerprint density at radius 2 is 1.70 bits per heavy atom. The number of halogens is 1. The van der Waals surface area contributed by atoms with Crippen molar-refractivity contribution in [3.05, 3.63) is 71.6 Å². The Labute approximate surface area is 258 Å². The lowest BCUT2D eigenvalue weighted by molar-refractivity contribution is 0.0742. The van der Waals surface area contributed by atoms with Gasteiger partial charge in [-0.3, -0.25) is 0 Å². The molecule has 0 unspecified atom stereocenters. The molecular weight excluding hydrogens is 556 g/mol. The van der Waals surface area contributed by atoms with Gasteiger partial charge in [0.25, 0.3) is 0 Å². The first kappa shape index (κ1) is 28.3. The molecule has 0 bridgehead atoms. The molecule has 0 spiro atoms. The Bertz CT molecular complexity index is 1720. The molecule has 2 saturated heterocycles. The van der Waals surface area contributed by atoms with E-state index in [2.05, 4.69) is 74.4 Å². The minimum atomic E-state index is 0.295. The van der Waals surface area contributed by atoms with Gasteiger partial charge >= 0.3 is 0 Å². The predicted molar refractivity (Wildman–Crippen MR) is 175 cm³/mol. The smallest absolute Gasteiger partial charge is 0.164 e. The highest BCUT2D eigenvalue weighted by Crippen LogP contribution is 2.36. The zero-order valence-corrected chi connectivity index (χ0v) is 25.9. The Morgan fingerprint density at radius 3 is 2.47 bits per heavy atom. The highest BCUT2D eigenvalue weighted by molar-refractivity contribution is 6.31. The number of rotatable bonds is 7. The topological polar surface area (TPSA) is 81.0 Å². The average molecular weight is 597 g/mol. The van der Waals surface area contributed by atoms with Crippen molar-refractivity contribution < 1.29 is 0 Å². The van der Waals surface area contributed by atoms with E-state index in [0.717, 1.165) is 82.2 Å². The molecule has 2 aromatic carbocycles. The van der Waals surface area contributed by atoms with Crippen LogP contribution in [0.3, 0.4) is 0 Å². The predicted octanol–water partition coefficient (Wildman–Crippen LogP) is 6.49. The van der Waals surface area contributed by atoms with Gasteiger partial charge in [0.15, 0.2) is 5.65 Å². The minimum Gasteiger partial charge on any atom is -0.383 e. The summed E-state index contributed by atoms with van der Waals surface area (Å²) < 4.78 is 4.37. The molecule has 2 fully saturated rings. The standard InChI is InChI=1S/C34H41ClN8/c1-23(2)20-40-14-10-27(11-15-40)41-17-12-28(13-18-41)43-34-31(33(36)37-22-38-34)32(39-43)25-7-8-30-24(19-25)9-16-42(30)21-26-5-3-4-6-29(26)35/h3-9,16,19,22-23,27-28H,10-15,17-18,20-21H2,1-2H3,(H2,36,37,38). The van der Waals surface area contributed by atoms with Gasteiger partial charge in [0, 0.05) is 59.9 Å². The maximum Gasteiger partial charge on any atom is 0.164 e. The van der Waals surface area contributed by atoms with Crippen LogP contribution in [0.25, 0.3) is 33.2 Å². The molecule has 2 aliphatic rings. The van der Waals surface area contributed by atoms with Crippen LogP contribution in [-0.4, -0.2) is 72.9 Å². The molecule has 0 aliphatic carbocycles. The van der Waals surface area contributed by atoms with E-state index in [1.54, 1.807) is 6.33 Å². The fourth-order valence-corrected chi connectivity index (χ4v) is 7.42. The summed E-state index contributed by atoms with van der Waals surface area (Å²) in [6, 6.07) is 17.7. The van der Waals surface area contributed by atoms with Gasteiger partial charge in [0.05, 0.1) is 11.4 Å². The summed E-state index contributed by atoms with van der Waals surface area (Å²) >= 11 is 6.45. The first-order chi connectivity index (χ1) is 20.9. The number of nitrogen functional groups attached to an aromatic ring is 1. The van der Waals surface area contributed by atoms with Gasteiger partial charge in [-0.1, -0.05) is 49.7 Å². The summed E-state index contributed by atoms with van der Waals surface area (Å²) in [6.07, 6.45) is 8.37. The molecule has 0 saturated carbocycles. The summed E-state index contributed by atoms with van der Waals surface area (Å²) in [5.74, 6) is 1.22. The lowest BCUT2D eigenvalue weighted by Crippen LogP contribution is -2.48. The van der Waals surface area contributed by atoms with Crippen molar-refractivity contribution in [3.63, 3.8) is 0 Å². The maximum atomic E-state index is 6.48. The fraction of sp³-hybridized carbons (Fsp3) is 0.441. The molecule has 224 valence electrons. The SMILES string of the molecule is CC(C)CN1CCC(N2CCC(n3nc(-c4ccc5c(ccn5Cc5ccccc5Cl)c4)c4c(N)ncnc43)CC2)CC1. The fourth-order valence-electron chi connectivity index (χ4n) is 7.23. The molecule has 7 rings (SSSR count). The largest absolute Gasteiger partial charge is 0.383 e. The maximum absolute atomic E-state index is 6.48. The molecule has 0 amide bonds. The van der Waals surface area contributed by atoms with Crippen LogP contribution in [0.1, 0.15) is 51.1 Å². The van der Waals surface area contributed by atoms with Crippen molar-refractivity contribution in [2.24, 2.45) is 5.92 Å². The van der Waals surface area contributed by atoms with Crippen molar-refractivity contribution >= 4 is 39.4 Å². The van der Waals surface area contributed by atoms with Crippen molar-refractivity contribution in [3.8, 4) is 11.3 Å². The zero-order valence-electron chi connectivity index (χ0n) is 25.2. The quantitative estimate of drug-likeness (QED) is 0.231. The third kappa shape index (κ3) is 5.64. The van der Waals surface area contributed by atoms with Gasteiger partial charge in [0.2, 0.25) is 0 Å². The first-order valence-corrected chi connectivity index (χ1v) is 16.1. The molecule has 2 N–H and O–H groups in total. The molecule has 9 heteroatoms. The van der Waals surface area contributed by atoms with Crippen molar-refractivity contribution in [2.45, 2.75) is 58.2 Å². The monoisotopic (exact) mass is 596 g/mol. The number of aromatic nitrogens is 5. The molecule has 0 atom stereocenters. The lowest BCUT2D eigenvalue weighted by Gasteiger charge is -2.42. The van der Waals surface area contributed by atoms with E-state index in [0.29, 0.717) is 17.9 Å². The minimum absolute atomic E-state index is 0.295. The molecular formula is C34H41ClN8. The zero-order chi connectivity index (χ0) is 29.5. The summed E-state index contributed by atoms with van der Waals surface area (Å²) in [6.45, 7) is 11.2. The Kier molecular flexibility index (Phi) is 7.84. The van der Waals surface area contributed by atoms with Crippen LogP contribution < -0.4 is 5.73 Å². The summed E-state index contributed by atoms with van der Waals surface area (Å²) in [5.41, 5.74) is 11.4. The second-order valence-corrected chi connectivity index (χ2v) is 13.2. The number of piperidine rings is 2. The second kappa shape index (κ2) is 11.9. The number of hydrogen-bond donors (Lipinski definition) is 1. The van der Waals surface area contributed by atoms with Crippen molar-refractivity contribution in [1.82, 2.24) is 34.1 Å². The van der Waals surface area contributed by atoms with Gasteiger partial charge in [0.1, 0.15) is 17.8 Å². The van der Waals surface area contributed by atoms with Crippen LogP contribution in [-0.2, 0) is 6.54 Å². The molecule has 5 heterocycles. The number of nitrogens with zero attached hydrogens (tertiary/aromatic N) is 7. The van der Waals surface area contributed by atoms with Gasteiger partial charge in [-0.2, -0.15) is 5.10 Å². The van der Waals surface area contributed by atoms with Gasteiger partial charge in [-0.15, -0.1) is 0 Å². The number of anilines is 1. The van der Waals surface area contributed by atoms with E-state index >= 15 is 0 Å². The van der Waals surface area contributed by atoms with Crippen LogP contribution in [0.5, 0.6) is 0 Å². The van der Waals surface area contributed by atoms with E-state index in [1.807, 2.05) is 18.2 Å². The van der Waals surface area contributed by atoms with Crippen LogP contribution in [0.15, 0.2) is 61.1 Å². The Morgan fingerprint density at radius 1 is 0.930 bits per heavy atom. The molecule has 3 aromatic heterocycles. The highest BCUT2D eigenvalue weighted by Gasteiger charge is 2.31. The molecule has 5 aromatic rings. The summed E-state index contributed by atoms with van der Waals surface area (Å²) in [4.78, 5) is 14.4. The molecule has 0 radical (unpaired) electrons. The molecule has 43 heavy (non-hydrogen) atoms. The van der Waals surface area contributed by atoms with Gasteiger partial charge < -0.3 is 20.1 Å². The van der Waals surface area contributed by atoms with E-state index in [1.165, 1.54) is 32.5 Å². The Hall–Kier alpha value is -3.46. The van der Waals surface area contributed by atoms with E-state index in [9.17, 15) is 0 Å². The first-order valence-electron chi connectivity index (χ1n) is 15.7. The van der Waals surface area contributed by atoms with Crippen molar-refractivity contribution in [1.29, 1.82) is 0 Å². The van der Waals surface area contributed by atoms with Crippen molar-refractivity contribution in [2.75, 3.05) is 38.5 Å². The highest BCUT2D eigenvalue weighted by atomic mass is 35.5. The summed E-state index contributed by atoms with van der Waals surface area (Å²) in [7, 11) is 0. The molecule has 8 nitrogen and oxygen atoms in total. The normalized spacial score (nSPS) is 18.0. The third-order valence-electron chi connectivity index (χ3n) is 9.40. The third-order valence-corrected chi connectivity index (χ3v) is 9.77. The van der Waals surface area contributed by atoms with E-state index in [-0.39, 0.29) is 0 Å². The number of benzene rings is 2. The number of likely N-dealkylation sites (tertiary alicyclic amines) is 2. The number of fused-ring (bicyclic) bond motifs is 2. The Balaban J connectivity index is 1.11. The van der Waals surface area contributed by atoms with Crippen LogP contribution in [0.2, 0.25) is 5.02 Å². The second-order valence-electron chi connectivity index (χ2n) is 12.8. The van der Waals surface area contributed by atoms with Crippen LogP contribution >= 0.6 is 11.6 Å². The average Bonchev–Trinajstić information content (AvgIpc) is 3.61. The summed E-state index contributed by atoms with van der Waals surface area (Å²) in [5, 5.41) is 7.97. The lowest BCUT2D eigenvalue weighted by atomic mass is 9.97. The van der Waals surface area contributed by atoms with E-state index < -0.39 is 0 Å². The van der Waals surface area contributed by atoms with Crippen LogP contribution in [0.4, 0.5) is 5.82 Å². The molecule has 2 aliphatic heterocycles. The van der Waals surface area contributed by atoms with Gasteiger partial charge in [-0.25, -0.2) is 14.6 Å². The van der Waals surface area contributed by atoms with E-state index in [4.69, 9.17) is 27.4 Å². The van der Waals surface area contributed by atoms with Crippen LogP contribution in [0, 0.1) is 5.92 Å².